The van der Waals surface area contributed by atoms with Gasteiger partial charge in [0, 0.05) is 31.7 Å². The Balaban J connectivity index is 2.01. The maximum absolute atomic E-state index is 5.81. The Hall–Kier alpha value is -0.160. The molecule has 0 radical (unpaired) electrons. The molecule has 0 spiro atoms. The third-order valence-corrected chi connectivity index (χ3v) is 4.71. The van der Waals surface area contributed by atoms with Crippen LogP contribution in [-0.2, 0) is 9.47 Å². The Labute approximate surface area is 117 Å². The van der Waals surface area contributed by atoms with E-state index in [4.69, 9.17) is 9.47 Å². The lowest BCUT2D eigenvalue weighted by Crippen LogP contribution is -2.55. The van der Waals surface area contributed by atoms with Crippen molar-refractivity contribution in [3.05, 3.63) is 0 Å². The summed E-state index contributed by atoms with van der Waals surface area (Å²) in [5, 5.41) is 3.47. The number of methoxy groups -OCH3 is 1. The van der Waals surface area contributed by atoms with Gasteiger partial charge in [0.2, 0.25) is 0 Å². The molecule has 0 amide bonds. The van der Waals surface area contributed by atoms with E-state index in [0.717, 1.165) is 39.4 Å². The molecule has 0 aromatic carbocycles. The monoisotopic (exact) mass is 270 g/mol. The number of morpholine rings is 1. The first-order chi connectivity index (χ1) is 9.19. The van der Waals surface area contributed by atoms with Gasteiger partial charge in [-0.2, -0.15) is 0 Å². The number of piperidine rings is 1. The Kier molecular flexibility index (Phi) is 5.63. The summed E-state index contributed by atoms with van der Waals surface area (Å²) in [5.41, 5.74) is 0.338. The maximum atomic E-state index is 5.81. The number of nitrogens with zero attached hydrogens (tertiary/aromatic N) is 1. The highest BCUT2D eigenvalue weighted by atomic mass is 16.5. The van der Waals surface area contributed by atoms with Crippen LogP contribution in [0.3, 0.4) is 0 Å². The van der Waals surface area contributed by atoms with Crippen LogP contribution in [0.15, 0.2) is 0 Å². The van der Waals surface area contributed by atoms with E-state index < -0.39 is 0 Å². The zero-order valence-electron chi connectivity index (χ0n) is 12.8. The molecule has 0 bridgehead atoms. The predicted molar refractivity (Wildman–Crippen MR) is 77.5 cm³/mol. The Morgan fingerprint density at radius 1 is 1.37 bits per heavy atom. The summed E-state index contributed by atoms with van der Waals surface area (Å²) in [6, 6.07) is 0.583. The molecule has 2 rings (SSSR count). The SMILES string of the molecule is CCC1COC(C)CN1CC1(COC)CCNCC1. The molecule has 2 saturated heterocycles. The molecule has 0 aromatic heterocycles. The van der Waals surface area contributed by atoms with Crippen LogP contribution in [0.1, 0.15) is 33.1 Å². The first kappa shape index (κ1) is 15.2. The van der Waals surface area contributed by atoms with E-state index >= 15 is 0 Å². The van der Waals surface area contributed by atoms with Gasteiger partial charge in [-0.3, -0.25) is 4.90 Å². The first-order valence-electron chi connectivity index (χ1n) is 7.74. The van der Waals surface area contributed by atoms with E-state index in [0.29, 0.717) is 17.6 Å². The molecular formula is C15H30N2O2. The fourth-order valence-corrected chi connectivity index (χ4v) is 3.52. The highest BCUT2D eigenvalue weighted by Gasteiger charge is 2.37. The van der Waals surface area contributed by atoms with Crippen molar-refractivity contribution in [2.45, 2.75) is 45.3 Å². The molecule has 4 heteroatoms. The third-order valence-electron chi connectivity index (χ3n) is 4.71. The second-order valence-corrected chi connectivity index (χ2v) is 6.32. The molecule has 2 fully saturated rings. The second kappa shape index (κ2) is 7.02. The first-order valence-corrected chi connectivity index (χ1v) is 7.74. The molecule has 0 aromatic rings. The summed E-state index contributed by atoms with van der Waals surface area (Å²) in [5.74, 6) is 0. The van der Waals surface area contributed by atoms with Crippen molar-refractivity contribution in [3.63, 3.8) is 0 Å². The molecular weight excluding hydrogens is 240 g/mol. The van der Waals surface area contributed by atoms with Crippen molar-refractivity contribution in [2.75, 3.05) is 46.5 Å². The highest BCUT2D eigenvalue weighted by Crippen LogP contribution is 2.32. The lowest BCUT2D eigenvalue weighted by atomic mass is 9.78. The van der Waals surface area contributed by atoms with Crippen molar-refractivity contribution >= 4 is 0 Å². The zero-order chi connectivity index (χ0) is 13.7. The number of ether oxygens (including phenoxy) is 2. The van der Waals surface area contributed by atoms with E-state index in [2.05, 4.69) is 24.1 Å². The summed E-state index contributed by atoms with van der Waals surface area (Å²) in [6.45, 7) is 10.7. The van der Waals surface area contributed by atoms with Gasteiger partial charge in [0.05, 0.1) is 19.3 Å². The number of hydrogen-bond donors (Lipinski definition) is 1. The minimum Gasteiger partial charge on any atom is -0.384 e. The summed E-state index contributed by atoms with van der Waals surface area (Å²) < 4.78 is 11.3. The normalized spacial score (nSPS) is 32.4. The van der Waals surface area contributed by atoms with Crippen LogP contribution < -0.4 is 5.32 Å². The van der Waals surface area contributed by atoms with Crippen LogP contribution in [0.5, 0.6) is 0 Å². The van der Waals surface area contributed by atoms with E-state index in [9.17, 15) is 0 Å². The van der Waals surface area contributed by atoms with Crippen LogP contribution in [0.25, 0.3) is 0 Å². The Morgan fingerprint density at radius 3 is 2.74 bits per heavy atom. The molecule has 2 atom stereocenters. The molecule has 112 valence electrons. The van der Waals surface area contributed by atoms with Gasteiger partial charge in [-0.25, -0.2) is 0 Å². The molecule has 2 unspecified atom stereocenters. The van der Waals surface area contributed by atoms with Gasteiger partial charge in [0.15, 0.2) is 0 Å². The molecule has 19 heavy (non-hydrogen) atoms. The van der Waals surface area contributed by atoms with Crippen molar-refractivity contribution in [1.82, 2.24) is 10.2 Å². The molecule has 2 aliphatic rings. The maximum Gasteiger partial charge on any atom is 0.0674 e. The van der Waals surface area contributed by atoms with Gasteiger partial charge in [0.1, 0.15) is 0 Å². The average molecular weight is 270 g/mol. The molecule has 0 saturated carbocycles. The Bertz CT molecular complexity index is 261. The average Bonchev–Trinajstić information content (AvgIpc) is 2.40. The summed E-state index contributed by atoms with van der Waals surface area (Å²) in [6.07, 6.45) is 3.99. The van der Waals surface area contributed by atoms with Crippen LogP contribution in [-0.4, -0.2) is 63.5 Å². The summed E-state index contributed by atoms with van der Waals surface area (Å²) >= 11 is 0. The largest absolute Gasteiger partial charge is 0.384 e. The van der Waals surface area contributed by atoms with Gasteiger partial charge in [-0.05, 0) is 39.3 Å². The predicted octanol–water partition coefficient (Wildman–Crippen LogP) is 1.50. The van der Waals surface area contributed by atoms with E-state index in [1.165, 1.54) is 19.3 Å². The quantitative estimate of drug-likeness (QED) is 0.821. The van der Waals surface area contributed by atoms with Gasteiger partial charge in [0.25, 0.3) is 0 Å². The molecule has 0 aliphatic carbocycles. The van der Waals surface area contributed by atoms with E-state index in [-0.39, 0.29) is 0 Å². The van der Waals surface area contributed by atoms with E-state index in [1.807, 2.05) is 7.11 Å². The lowest BCUT2D eigenvalue weighted by molar-refractivity contribution is -0.0813. The van der Waals surface area contributed by atoms with Gasteiger partial charge < -0.3 is 14.8 Å². The fraction of sp³-hybridized carbons (Fsp3) is 1.00. The lowest BCUT2D eigenvalue weighted by Gasteiger charge is -2.46. The number of hydrogen-bond acceptors (Lipinski definition) is 4. The molecule has 2 heterocycles. The number of nitrogens with one attached hydrogen (secondary N) is 1. The smallest absolute Gasteiger partial charge is 0.0674 e. The minimum absolute atomic E-state index is 0.338. The van der Waals surface area contributed by atoms with Gasteiger partial charge >= 0.3 is 0 Å². The van der Waals surface area contributed by atoms with Crippen molar-refractivity contribution in [2.24, 2.45) is 5.41 Å². The standard InChI is InChI=1S/C15H30N2O2/c1-4-14-10-19-13(2)9-17(14)11-15(12-18-3)5-7-16-8-6-15/h13-14,16H,4-12H2,1-3H3. The van der Waals surface area contributed by atoms with Crippen LogP contribution in [0.4, 0.5) is 0 Å². The van der Waals surface area contributed by atoms with Crippen molar-refractivity contribution in [1.29, 1.82) is 0 Å². The fourth-order valence-electron chi connectivity index (χ4n) is 3.52. The highest BCUT2D eigenvalue weighted by molar-refractivity contribution is 4.90. The van der Waals surface area contributed by atoms with E-state index in [1.54, 1.807) is 0 Å². The van der Waals surface area contributed by atoms with Gasteiger partial charge in [-0.15, -0.1) is 0 Å². The molecule has 2 aliphatic heterocycles. The third kappa shape index (κ3) is 3.91. The Morgan fingerprint density at radius 2 is 2.11 bits per heavy atom. The van der Waals surface area contributed by atoms with Gasteiger partial charge in [-0.1, -0.05) is 6.92 Å². The molecule has 1 N–H and O–H groups in total. The summed E-state index contributed by atoms with van der Waals surface area (Å²) in [4.78, 5) is 2.65. The van der Waals surface area contributed by atoms with Crippen LogP contribution in [0.2, 0.25) is 0 Å². The minimum atomic E-state index is 0.338. The molecule has 4 nitrogen and oxygen atoms in total. The van der Waals surface area contributed by atoms with Crippen molar-refractivity contribution < 1.29 is 9.47 Å². The second-order valence-electron chi connectivity index (χ2n) is 6.32. The zero-order valence-corrected chi connectivity index (χ0v) is 12.8. The van der Waals surface area contributed by atoms with Crippen LogP contribution in [0, 0.1) is 5.41 Å². The van der Waals surface area contributed by atoms with Crippen LogP contribution >= 0.6 is 0 Å². The number of rotatable bonds is 5. The summed E-state index contributed by atoms with van der Waals surface area (Å²) in [7, 11) is 1.84. The van der Waals surface area contributed by atoms with Crippen molar-refractivity contribution in [3.8, 4) is 0 Å². The topological polar surface area (TPSA) is 33.7 Å².